The second-order valence-electron chi connectivity index (χ2n) is 5.75. The van der Waals surface area contributed by atoms with Crippen molar-refractivity contribution in [3.05, 3.63) is 0 Å². The van der Waals surface area contributed by atoms with Crippen molar-refractivity contribution < 1.29 is 4.79 Å². The molecule has 1 aliphatic carbocycles. The zero-order valence-corrected chi connectivity index (χ0v) is 13.5. The van der Waals surface area contributed by atoms with Gasteiger partial charge in [0.05, 0.1) is 6.54 Å². The van der Waals surface area contributed by atoms with E-state index in [9.17, 15) is 4.79 Å². The van der Waals surface area contributed by atoms with Crippen LogP contribution in [0.2, 0.25) is 0 Å². The number of amidine groups is 1. The molecule has 0 aromatic heterocycles. The molecule has 1 atom stereocenters. The van der Waals surface area contributed by atoms with Crippen LogP contribution in [-0.4, -0.2) is 35.5 Å². The standard InChI is InChI=1S/C15H27N3OS/c1-3-11(4-2)13-10-17-15(20-13)16-9-5-6-14(19)18-12-7-8-12/h11-13H,3-10H2,1-2H3,(H,16,17)(H,18,19). The van der Waals surface area contributed by atoms with E-state index < -0.39 is 0 Å². The van der Waals surface area contributed by atoms with Gasteiger partial charge >= 0.3 is 0 Å². The van der Waals surface area contributed by atoms with E-state index >= 15 is 0 Å². The summed E-state index contributed by atoms with van der Waals surface area (Å²) >= 11 is 1.89. The predicted molar refractivity (Wildman–Crippen MR) is 86.2 cm³/mol. The molecule has 2 N–H and O–H groups in total. The molecule has 0 radical (unpaired) electrons. The first-order chi connectivity index (χ1) is 9.72. The van der Waals surface area contributed by atoms with E-state index in [1.54, 1.807) is 0 Å². The molecule has 1 heterocycles. The van der Waals surface area contributed by atoms with Crippen LogP contribution in [0.4, 0.5) is 0 Å². The van der Waals surface area contributed by atoms with Crippen LogP contribution >= 0.6 is 11.8 Å². The average Bonchev–Trinajstić information content (AvgIpc) is 3.13. The second-order valence-corrected chi connectivity index (χ2v) is 6.98. The number of hydrogen-bond donors (Lipinski definition) is 2. The molecule has 20 heavy (non-hydrogen) atoms. The molecule has 0 aromatic rings. The SMILES string of the molecule is CCC(CC)C1CN=C(NCCCC(=O)NC2CC2)S1. The maximum Gasteiger partial charge on any atom is 0.220 e. The molecular formula is C15H27N3OS. The van der Waals surface area contributed by atoms with Gasteiger partial charge in [-0.05, 0) is 25.2 Å². The molecule has 0 aromatic carbocycles. The number of amides is 1. The monoisotopic (exact) mass is 297 g/mol. The molecule has 1 saturated carbocycles. The van der Waals surface area contributed by atoms with E-state index in [2.05, 4.69) is 29.5 Å². The Morgan fingerprint density at radius 3 is 2.80 bits per heavy atom. The zero-order valence-electron chi connectivity index (χ0n) is 12.7. The highest BCUT2D eigenvalue weighted by Crippen LogP contribution is 2.30. The Bertz CT molecular complexity index is 351. The average molecular weight is 297 g/mol. The molecule has 0 saturated heterocycles. The van der Waals surface area contributed by atoms with Crippen LogP contribution in [0.1, 0.15) is 52.4 Å². The largest absolute Gasteiger partial charge is 0.365 e. The summed E-state index contributed by atoms with van der Waals surface area (Å²) in [4.78, 5) is 16.1. The Balaban J connectivity index is 1.55. The fraction of sp³-hybridized carbons (Fsp3) is 0.867. The summed E-state index contributed by atoms with van der Waals surface area (Å²) in [5.74, 6) is 0.970. The highest BCUT2D eigenvalue weighted by molar-refractivity contribution is 8.14. The van der Waals surface area contributed by atoms with E-state index in [-0.39, 0.29) is 5.91 Å². The highest BCUT2D eigenvalue weighted by Gasteiger charge is 2.26. The van der Waals surface area contributed by atoms with Gasteiger partial charge in [-0.25, -0.2) is 0 Å². The molecule has 1 unspecified atom stereocenters. The Labute approximate surface area is 126 Å². The van der Waals surface area contributed by atoms with Gasteiger partial charge in [0.1, 0.15) is 0 Å². The molecule has 114 valence electrons. The summed E-state index contributed by atoms with van der Waals surface area (Å²) in [6.45, 7) is 6.32. The van der Waals surface area contributed by atoms with E-state index in [0.717, 1.165) is 43.4 Å². The first-order valence-electron chi connectivity index (χ1n) is 7.97. The quantitative estimate of drug-likeness (QED) is 0.677. The van der Waals surface area contributed by atoms with Gasteiger partial charge in [-0.2, -0.15) is 0 Å². The topological polar surface area (TPSA) is 53.5 Å². The first kappa shape index (κ1) is 15.7. The van der Waals surface area contributed by atoms with Crippen molar-refractivity contribution in [3.63, 3.8) is 0 Å². The molecule has 1 aliphatic heterocycles. The minimum Gasteiger partial charge on any atom is -0.365 e. The van der Waals surface area contributed by atoms with Crippen molar-refractivity contribution in [3.8, 4) is 0 Å². The van der Waals surface area contributed by atoms with E-state index in [4.69, 9.17) is 0 Å². The van der Waals surface area contributed by atoms with Gasteiger partial charge in [-0.3, -0.25) is 9.79 Å². The zero-order chi connectivity index (χ0) is 14.4. The lowest BCUT2D eigenvalue weighted by atomic mass is 9.99. The first-order valence-corrected chi connectivity index (χ1v) is 8.85. The van der Waals surface area contributed by atoms with Crippen molar-refractivity contribution >= 4 is 22.8 Å². The number of carbonyl (C=O) groups excluding carboxylic acids is 1. The van der Waals surface area contributed by atoms with E-state index in [0.29, 0.717) is 17.7 Å². The van der Waals surface area contributed by atoms with Crippen LogP contribution in [0, 0.1) is 5.92 Å². The van der Waals surface area contributed by atoms with Crippen LogP contribution in [-0.2, 0) is 4.79 Å². The van der Waals surface area contributed by atoms with Crippen LogP contribution in [0.5, 0.6) is 0 Å². The maximum atomic E-state index is 11.5. The van der Waals surface area contributed by atoms with E-state index in [1.807, 2.05) is 11.8 Å². The number of nitrogens with one attached hydrogen (secondary N) is 2. The molecular weight excluding hydrogens is 270 g/mol. The normalized spacial score (nSPS) is 21.9. The highest BCUT2D eigenvalue weighted by atomic mass is 32.2. The van der Waals surface area contributed by atoms with Gasteiger partial charge in [0.15, 0.2) is 5.17 Å². The van der Waals surface area contributed by atoms with Crippen molar-refractivity contribution in [2.24, 2.45) is 10.9 Å². The van der Waals surface area contributed by atoms with Crippen LogP contribution in [0.15, 0.2) is 4.99 Å². The fourth-order valence-corrected chi connectivity index (χ4v) is 3.87. The smallest absolute Gasteiger partial charge is 0.220 e. The minimum absolute atomic E-state index is 0.199. The van der Waals surface area contributed by atoms with Crippen molar-refractivity contribution in [2.45, 2.75) is 63.7 Å². The Morgan fingerprint density at radius 1 is 1.40 bits per heavy atom. The van der Waals surface area contributed by atoms with Crippen LogP contribution in [0.25, 0.3) is 0 Å². The number of nitrogens with zero attached hydrogens (tertiary/aromatic N) is 1. The van der Waals surface area contributed by atoms with Crippen molar-refractivity contribution in [1.29, 1.82) is 0 Å². The van der Waals surface area contributed by atoms with Crippen molar-refractivity contribution in [2.75, 3.05) is 13.1 Å². The Morgan fingerprint density at radius 2 is 2.15 bits per heavy atom. The molecule has 0 spiro atoms. The molecule has 5 heteroatoms. The number of carbonyl (C=O) groups is 1. The van der Waals surface area contributed by atoms with Gasteiger partial charge in [0.2, 0.25) is 5.91 Å². The summed E-state index contributed by atoms with van der Waals surface area (Å²) in [6, 6.07) is 0.478. The van der Waals surface area contributed by atoms with Crippen LogP contribution < -0.4 is 10.6 Å². The number of rotatable bonds is 8. The van der Waals surface area contributed by atoms with Crippen LogP contribution in [0.3, 0.4) is 0 Å². The molecule has 4 nitrogen and oxygen atoms in total. The third-order valence-electron chi connectivity index (χ3n) is 4.05. The summed E-state index contributed by atoms with van der Waals surface area (Å²) in [7, 11) is 0. The minimum atomic E-state index is 0.199. The van der Waals surface area contributed by atoms with Gasteiger partial charge < -0.3 is 10.6 Å². The summed E-state index contributed by atoms with van der Waals surface area (Å²) < 4.78 is 0. The van der Waals surface area contributed by atoms with Gasteiger partial charge in [0, 0.05) is 24.3 Å². The summed E-state index contributed by atoms with van der Waals surface area (Å²) in [6.07, 6.45) is 6.30. The second kappa shape index (κ2) is 7.91. The molecule has 1 fully saturated rings. The number of thioether (sulfide) groups is 1. The fourth-order valence-electron chi connectivity index (χ4n) is 2.52. The van der Waals surface area contributed by atoms with Gasteiger partial charge in [-0.15, -0.1) is 0 Å². The molecule has 0 bridgehead atoms. The lowest BCUT2D eigenvalue weighted by Crippen LogP contribution is -2.27. The lowest BCUT2D eigenvalue weighted by Gasteiger charge is -2.18. The van der Waals surface area contributed by atoms with Crippen molar-refractivity contribution in [1.82, 2.24) is 10.6 Å². The van der Waals surface area contributed by atoms with Gasteiger partial charge in [-0.1, -0.05) is 38.5 Å². The van der Waals surface area contributed by atoms with Gasteiger partial charge in [0.25, 0.3) is 0 Å². The number of hydrogen-bond acceptors (Lipinski definition) is 4. The van der Waals surface area contributed by atoms with E-state index in [1.165, 1.54) is 12.8 Å². The summed E-state index contributed by atoms with van der Waals surface area (Å²) in [5, 5.41) is 8.11. The Hall–Kier alpha value is -0.710. The Kier molecular flexibility index (Phi) is 6.20. The lowest BCUT2D eigenvalue weighted by molar-refractivity contribution is -0.121. The molecule has 1 amide bonds. The molecule has 2 rings (SSSR count). The predicted octanol–water partition coefficient (Wildman–Crippen LogP) is 2.54. The third-order valence-corrected chi connectivity index (χ3v) is 5.39. The summed E-state index contributed by atoms with van der Waals surface area (Å²) in [5.41, 5.74) is 0. The maximum absolute atomic E-state index is 11.5. The molecule has 2 aliphatic rings. The third kappa shape index (κ3) is 5.00. The number of aliphatic imine (C=N–C) groups is 1.